The zero-order chi connectivity index (χ0) is 22.2. The van der Waals surface area contributed by atoms with Crippen molar-refractivity contribution in [2.45, 2.75) is 37.0 Å². The molecule has 2 aromatic rings. The van der Waals surface area contributed by atoms with Crippen LogP contribution in [0.4, 0.5) is 11.5 Å². The molecular weight excluding hydrogens is 404 g/mol. The summed E-state index contributed by atoms with van der Waals surface area (Å²) in [5.74, 6) is 1.41. The molecule has 6 nitrogen and oxygen atoms in total. The molecule has 0 aliphatic carbocycles. The summed E-state index contributed by atoms with van der Waals surface area (Å²) < 4.78 is 0. The molecule has 1 N–H and O–H groups in total. The van der Waals surface area contributed by atoms with Crippen molar-refractivity contribution in [2.24, 2.45) is 0 Å². The van der Waals surface area contributed by atoms with Gasteiger partial charge in [-0.25, -0.2) is 4.98 Å². The molecule has 0 saturated carbocycles. The summed E-state index contributed by atoms with van der Waals surface area (Å²) in [5.41, 5.74) is 4.11. The Morgan fingerprint density at radius 3 is 2.39 bits per heavy atom. The van der Waals surface area contributed by atoms with Crippen molar-refractivity contribution in [1.29, 1.82) is 10.5 Å². The normalized spacial score (nSPS) is 13.6. The lowest BCUT2D eigenvalue weighted by atomic mass is 10.0. The van der Waals surface area contributed by atoms with Gasteiger partial charge in [0.25, 0.3) is 0 Å². The largest absolute Gasteiger partial charge is 0.388 e. The molecule has 2 heterocycles. The molecule has 162 valence electrons. The number of pyridine rings is 1. The van der Waals surface area contributed by atoms with Gasteiger partial charge >= 0.3 is 0 Å². The van der Waals surface area contributed by atoms with Crippen LogP contribution in [0.25, 0.3) is 0 Å². The van der Waals surface area contributed by atoms with Crippen LogP contribution in [0.1, 0.15) is 42.0 Å². The van der Waals surface area contributed by atoms with Gasteiger partial charge in [0.15, 0.2) is 0 Å². The maximum atomic E-state index is 9.88. The standard InChI is InChI=1S/C24H30N6S/c1-4-20-21(15-25)23(29(3)13-14-30-11-5-6-12-30)28-24(22(20)16-26)31-17-18-7-9-19(27-2)10-8-18/h7-10,27H,4-6,11-14,17H2,1-3H3. The van der Waals surface area contributed by atoms with Gasteiger partial charge in [0.1, 0.15) is 23.0 Å². The van der Waals surface area contributed by atoms with Crippen molar-refractivity contribution in [3.63, 3.8) is 0 Å². The second kappa shape index (κ2) is 11.0. The highest BCUT2D eigenvalue weighted by atomic mass is 32.2. The molecule has 0 spiro atoms. The number of rotatable bonds is 9. The van der Waals surface area contributed by atoms with Crippen molar-refractivity contribution in [1.82, 2.24) is 9.88 Å². The second-order valence-electron chi connectivity index (χ2n) is 7.75. The zero-order valence-corrected chi connectivity index (χ0v) is 19.4. The van der Waals surface area contributed by atoms with Gasteiger partial charge in [0, 0.05) is 38.6 Å². The summed E-state index contributed by atoms with van der Waals surface area (Å²) >= 11 is 1.56. The van der Waals surface area contributed by atoms with E-state index < -0.39 is 0 Å². The third-order valence-corrected chi connectivity index (χ3v) is 6.80. The lowest BCUT2D eigenvalue weighted by Crippen LogP contribution is -2.32. The van der Waals surface area contributed by atoms with Gasteiger partial charge in [0.05, 0.1) is 11.1 Å². The van der Waals surface area contributed by atoms with Gasteiger partial charge in [-0.2, -0.15) is 10.5 Å². The Morgan fingerprint density at radius 1 is 1.13 bits per heavy atom. The average molecular weight is 435 g/mol. The summed E-state index contributed by atoms with van der Waals surface area (Å²) in [6.07, 6.45) is 3.16. The fraction of sp³-hybridized carbons (Fsp3) is 0.458. The molecule has 7 heteroatoms. The van der Waals surface area contributed by atoms with Crippen molar-refractivity contribution >= 4 is 23.3 Å². The van der Waals surface area contributed by atoms with Gasteiger partial charge in [-0.1, -0.05) is 19.1 Å². The SMILES string of the molecule is CCc1c(C#N)c(SCc2ccc(NC)cc2)nc(N(C)CCN2CCCC2)c1C#N. The van der Waals surface area contributed by atoms with E-state index in [1.165, 1.54) is 18.4 Å². The van der Waals surface area contributed by atoms with Crippen molar-refractivity contribution in [3.8, 4) is 12.1 Å². The molecule has 0 radical (unpaired) electrons. The Bertz CT molecular complexity index is 968. The van der Waals surface area contributed by atoms with Crippen LogP contribution in [0.5, 0.6) is 0 Å². The first-order valence-corrected chi connectivity index (χ1v) is 11.8. The quantitative estimate of drug-likeness (QED) is 0.591. The van der Waals surface area contributed by atoms with E-state index in [1.54, 1.807) is 11.8 Å². The summed E-state index contributed by atoms with van der Waals surface area (Å²) in [5, 5.41) is 23.6. The highest BCUT2D eigenvalue weighted by molar-refractivity contribution is 7.98. The number of aromatic nitrogens is 1. The van der Waals surface area contributed by atoms with Crippen LogP contribution in [-0.4, -0.2) is 50.2 Å². The number of likely N-dealkylation sites (tertiary alicyclic amines) is 1. The zero-order valence-electron chi connectivity index (χ0n) is 18.6. The van der Waals surface area contributed by atoms with Gasteiger partial charge < -0.3 is 15.1 Å². The Balaban J connectivity index is 1.86. The maximum absolute atomic E-state index is 9.88. The molecule has 31 heavy (non-hydrogen) atoms. The summed E-state index contributed by atoms with van der Waals surface area (Å²) in [6, 6.07) is 12.9. The van der Waals surface area contributed by atoms with E-state index in [0.717, 1.165) is 43.2 Å². The smallest absolute Gasteiger partial charge is 0.148 e. The second-order valence-corrected chi connectivity index (χ2v) is 8.72. The van der Waals surface area contributed by atoms with Crippen molar-refractivity contribution < 1.29 is 0 Å². The molecule has 1 aromatic heterocycles. The van der Waals surface area contributed by atoms with E-state index in [0.29, 0.717) is 28.4 Å². The topological polar surface area (TPSA) is 79.0 Å². The summed E-state index contributed by atoms with van der Waals surface area (Å²) in [4.78, 5) is 9.36. The molecule has 1 aliphatic rings. The average Bonchev–Trinajstić information content (AvgIpc) is 3.34. The number of nitrogens with one attached hydrogen (secondary N) is 1. The van der Waals surface area contributed by atoms with Crippen LogP contribution in [0.15, 0.2) is 29.3 Å². The van der Waals surface area contributed by atoms with E-state index in [-0.39, 0.29) is 0 Å². The van der Waals surface area contributed by atoms with E-state index in [9.17, 15) is 10.5 Å². The number of hydrogen-bond acceptors (Lipinski definition) is 7. The van der Waals surface area contributed by atoms with Crippen LogP contribution >= 0.6 is 11.8 Å². The van der Waals surface area contributed by atoms with Gasteiger partial charge in [0.2, 0.25) is 0 Å². The van der Waals surface area contributed by atoms with E-state index in [2.05, 4.69) is 39.4 Å². The number of nitrogens with zero attached hydrogens (tertiary/aromatic N) is 5. The molecule has 0 amide bonds. The molecule has 0 atom stereocenters. The number of likely N-dealkylation sites (N-methyl/N-ethyl adjacent to an activating group) is 1. The predicted molar refractivity (Wildman–Crippen MR) is 128 cm³/mol. The van der Waals surface area contributed by atoms with Crippen LogP contribution in [0.2, 0.25) is 0 Å². The predicted octanol–water partition coefficient (Wildman–Crippen LogP) is 4.25. The fourth-order valence-electron chi connectivity index (χ4n) is 3.89. The summed E-state index contributed by atoms with van der Waals surface area (Å²) in [6.45, 7) is 6.06. The molecular formula is C24H30N6S. The number of anilines is 2. The third kappa shape index (κ3) is 5.50. The molecule has 0 bridgehead atoms. The van der Waals surface area contributed by atoms with Crippen LogP contribution in [0, 0.1) is 22.7 Å². The summed E-state index contributed by atoms with van der Waals surface area (Å²) in [7, 11) is 3.90. The Kier molecular flexibility index (Phi) is 8.17. The minimum absolute atomic E-state index is 0.533. The molecule has 1 fully saturated rings. The van der Waals surface area contributed by atoms with Crippen LogP contribution in [-0.2, 0) is 12.2 Å². The Hall–Kier alpha value is -2.74. The Morgan fingerprint density at radius 2 is 1.81 bits per heavy atom. The minimum Gasteiger partial charge on any atom is -0.388 e. The van der Waals surface area contributed by atoms with Crippen LogP contribution < -0.4 is 10.2 Å². The number of nitriles is 2. The highest BCUT2D eigenvalue weighted by Crippen LogP contribution is 2.33. The van der Waals surface area contributed by atoms with Gasteiger partial charge in [-0.05, 0) is 55.6 Å². The van der Waals surface area contributed by atoms with Gasteiger partial charge in [-0.3, -0.25) is 0 Å². The van der Waals surface area contributed by atoms with Crippen molar-refractivity contribution in [3.05, 3.63) is 46.5 Å². The monoisotopic (exact) mass is 434 g/mol. The Labute approximate surface area is 189 Å². The van der Waals surface area contributed by atoms with Crippen LogP contribution in [0.3, 0.4) is 0 Å². The fourth-order valence-corrected chi connectivity index (χ4v) is 4.85. The van der Waals surface area contributed by atoms with Gasteiger partial charge in [-0.15, -0.1) is 11.8 Å². The van der Waals surface area contributed by atoms with E-state index in [1.807, 2.05) is 33.2 Å². The third-order valence-electron chi connectivity index (χ3n) is 5.76. The maximum Gasteiger partial charge on any atom is 0.148 e. The first-order valence-electron chi connectivity index (χ1n) is 10.8. The van der Waals surface area contributed by atoms with E-state index >= 15 is 0 Å². The molecule has 3 rings (SSSR count). The number of hydrogen-bond donors (Lipinski definition) is 1. The molecule has 1 saturated heterocycles. The molecule has 1 aromatic carbocycles. The molecule has 0 unspecified atom stereocenters. The highest BCUT2D eigenvalue weighted by Gasteiger charge is 2.22. The number of benzene rings is 1. The minimum atomic E-state index is 0.533. The molecule has 1 aliphatic heterocycles. The number of thioether (sulfide) groups is 1. The first kappa shape index (κ1) is 22.9. The lowest BCUT2D eigenvalue weighted by molar-refractivity contribution is 0.346. The van der Waals surface area contributed by atoms with Crippen molar-refractivity contribution in [2.75, 3.05) is 50.5 Å². The lowest BCUT2D eigenvalue weighted by Gasteiger charge is -2.25. The first-order chi connectivity index (χ1) is 15.1. The van der Waals surface area contributed by atoms with E-state index in [4.69, 9.17) is 4.98 Å².